The first-order chi connectivity index (χ1) is 33.6. The topological polar surface area (TPSA) is 428 Å². The Labute approximate surface area is 521 Å². The summed E-state index contributed by atoms with van der Waals surface area (Å²) in [5.41, 5.74) is 6.79. The molecule has 5 rings (SSSR count). The average molecular weight is 1480 g/mol. The van der Waals surface area contributed by atoms with Gasteiger partial charge < -0.3 is 78.3 Å². The number of carboxylic acid groups (broad SMARTS) is 2. The minimum Gasteiger partial charge on any atom is -0.870 e. The van der Waals surface area contributed by atoms with Gasteiger partial charge in [0.25, 0.3) is 0 Å². The van der Waals surface area contributed by atoms with Crippen molar-refractivity contribution in [1.82, 2.24) is 21.1 Å². The molecule has 0 aliphatic carbocycles. The third-order valence-corrected chi connectivity index (χ3v) is 11.6. The van der Waals surface area contributed by atoms with Gasteiger partial charge in [-0.1, -0.05) is 14.4 Å². The number of carbonyl (C=O) groups excluding carboxylic acids is 4. The van der Waals surface area contributed by atoms with E-state index in [0.717, 1.165) is 42.0 Å². The fourth-order valence-electron chi connectivity index (χ4n) is 3.76. The van der Waals surface area contributed by atoms with E-state index < -0.39 is 23.5 Å². The zero-order valence-electron chi connectivity index (χ0n) is 44.2. The van der Waals surface area contributed by atoms with Crippen LogP contribution in [0.15, 0.2) is 44.2 Å². The summed E-state index contributed by atoms with van der Waals surface area (Å²) in [5.74, 6) is -2.87. The van der Waals surface area contributed by atoms with Crippen LogP contribution in [0.5, 0.6) is 0 Å². The Bertz CT molecular complexity index is 2360. The average Bonchev–Trinajstić information content (AvgIpc) is 4.14. The smallest absolute Gasteiger partial charge is 0.870 e. The Hall–Kier alpha value is -3.57. The van der Waals surface area contributed by atoms with Gasteiger partial charge in [0.15, 0.2) is 5.00 Å². The third-order valence-electron chi connectivity index (χ3n) is 6.15. The number of nitrogens with zero attached hydrogens (tertiary/aromatic N) is 4. The van der Waals surface area contributed by atoms with Crippen LogP contribution >= 0.6 is 105 Å². The predicted molar refractivity (Wildman–Crippen MR) is 320 cm³/mol. The Morgan fingerprint density at radius 1 is 0.744 bits per heavy atom. The minimum atomic E-state index is -0.957. The fraction of sp³-hybridized carbons (Fsp3) is 0.400. The molecule has 0 saturated carbocycles. The van der Waals surface area contributed by atoms with Crippen molar-refractivity contribution >= 4 is 159 Å². The van der Waals surface area contributed by atoms with Gasteiger partial charge in [-0.15, -0.1) is 50.1 Å². The van der Waals surface area contributed by atoms with Crippen LogP contribution in [-0.2, 0) is 35.1 Å². The second-order valence-corrected chi connectivity index (χ2v) is 25.8. The van der Waals surface area contributed by atoms with E-state index in [-0.39, 0.29) is 72.9 Å². The molecule has 445 valence electrons. The van der Waals surface area contributed by atoms with Crippen molar-refractivity contribution in [2.75, 3.05) is 32.1 Å². The first-order valence-corrected chi connectivity index (χ1v) is 29.8. The predicted octanol–water partition coefficient (Wildman–Crippen LogP) is 8.46. The van der Waals surface area contributed by atoms with Crippen molar-refractivity contribution in [3.05, 3.63) is 97.4 Å². The third kappa shape index (κ3) is 50.6. The van der Waals surface area contributed by atoms with Crippen LogP contribution in [0, 0.1) is 45.1 Å². The van der Waals surface area contributed by atoms with E-state index in [2.05, 4.69) is 79.9 Å². The number of nitrogens with one attached hydrogen (secondary N) is 2. The number of aromatic nitrogens is 3. The van der Waals surface area contributed by atoms with Crippen molar-refractivity contribution in [3.8, 4) is 5.00 Å². The monoisotopic (exact) mass is 1480 g/mol. The van der Waals surface area contributed by atoms with Crippen molar-refractivity contribution in [1.29, 1.82) is 10.8 Å². The fourth-order valence-corrected chi connectivity index (χ4v) is 8.97. The first-order valence-electron chi connectivity index (χ1n) is 20.3. The molecular formula is C45H71Br4CuLiN8O15S4. The number of thiophene rings is 4. The summed E-state index contributed by atoms with van der Waals surface area (Å²) >= 11 is 19.6. The molecule has 78 heavy (non-hydrogen) atoms. The maximum Gasteiger partial charge on any atom is 1.00 e. The summed E-state index contributed by atoms with van der Waals surface area (Å²) < 4.78 is 15.6. The molecule has 0 aliphatic heterocycles. The van der Waals surface area contributed by atoms with Gasteiger partial charge in [-0.25, -0.2) is 30.5 Å². The molecule has 0 amide bonds. The quantitative estimate of drug-likeness (QED) is 0.0163. The Morgan fingerprint density at radius 2 is 1.06 bits per heavy atom. The molecule has 0 fully saturated rings. The summed E-state index contributed by atoms with van der Waals surface area (Å²) in [6.07, 6.45) is 6.38. The maximum atomic E-state index is 11.2. The molecule has 0 unspecified atom stereocenters. The van der Waals surface area contributed by atoms with E-state index in [1.165, 1.54) is 73.9 Å². The van der Waals surface area contributed by atoms with Gasteiger partial charge in [0.2, 0.25) is 0 Å². The molecule has 0 saturated heterocycles. The molecule has 5 aromatic heterocycles. The molecule has 5 heterocycles. The summed E-state index contributed by atoms with van der Waals surface area (Å²) in [4.78, 5) is 71.3. The van der Waals surface area contributed by atoms with Gasteiger partial charge in [-0.2, -0.15) is 10.2 Å². The summed E-state index contributed by atoms with van der Waals surface area (Å²) in [7, 11) is 0. The number of aldehydes is 1. The van der Waals surface area contributed by atoms with E-state index in [9.17, 15) is 28.8 Å². The largest absolute Gasteiger partial charge is 1.00 e. The number of carbonyl (C=O) groups is 6. The van der Waals surface area contributed by atoms with Gasteiger partial charge in [0, 0.05) is 38.4 Å². The number of hydrogen-bond donors (Lipinski definition) is 7. The molecule has 5 aromatic rings. The van der Waals surface area contributed by atoms with Crippen molar-refractivity contribution in [2.24, 2.45) is 0 Å². The second kappa shape index (κ2) is 58.1. The van der Waals surface area contributed by atoms with Crippen molar-refractivity contribution in [2.45, 2.75) is 95.6 Å². The van der Waals surface area contributed by atoms with Crippen LogP contribution in [0.3, 0.4) is 0 Å². The Balaban J connectivity index is -0.0000000856. The van der Waals surface area contributed by atoms with Crippen LogP contribution in [0.2, 0.25) is 0 Å². The van der Waals surface area contributed by atoms with Crippen LogP contribution in [-0.4, -0.2) is 127 Å². The van der Waals surface area contributed by atoms with Crippen molar-refractivity contribution in [3.63, 3.8) is 0 Å². The number of aromatic carboxylic acids is 2. The molecule has 0 aliphatic rings. The molecule has 0 spiro atoms. The van der Waals surface area contributed by atoms with Crippen molar-refractivity contribution < 1.29 is 105 Å². The summed E-state index contributed by atoms with van der Waals surface area (Å²) in [5, 5.41) is 47.0. The number of nitrogens with two attached hydrogens (primary N) is 1. The Morgan fingerprint density at radius 3 is 1.33 bits per heavy atom. The van der Waals surface area contributed by atoms with Gasteiger partial charge in [0.05, 0.1) is 67.6 Å². The van der Waals surface area contributed by atoms with Crippen LogP contribution in [0.25, 0.3) is 9.85 Å². The number of ether oxygens (including phenoxy) is 3. The zero-order chi connectivity index (χ0) is 56.6. The van der Waals surface area contributed by atoms with Crippen LogP contribution in [0.4, 0.5) is 5.00 Å². The number of esters is 3. The minimum absolute atomic E-state index is 0. The molecule has 15 N–H and O–H groups in total. The number of hydrogen-bond acceptors (Lipinski definition) is 21. The van der Waals surface area contributed by atoms with Gasteiger partial charge in [0.1, 0.15) is 11.3 Å². The molecule has 23 nitrogen and oxygen atoms in total. The summed E-state index contributed by atoms with van der Waals surface area (Å²) in [6.45, 7) is 27.1. The van der Waals surface area contributed by atoms with Crippen LogP contribution in [0.1, 0.15) is 123 Å². The summed E-state index contributed by atoms with van der Waals surface area (Å²) in [6, 6.07) is 6.84. The normalized spacial score (nSPS) is 8.55. The van der Waals surface area contributed by atoms with Gasteiger partial charge >= 0.3 is 94.8 Å². The molecule has 0 bridgehead atoms. The number of carboxylic acids is 2. The van der Waals surface area contributed by atoms with Crippen LogP contribution < -0.4 is 30.7 Å². The molecule has 33 heteroatoms. The standard InChI is InChI=1S/C8H9BrO2S.C8H7N3O2S.C8H11NO2S.C6H5BrO2S.C5H7NO2.C4H10O.C3H6O.C2H4N2.CH4.2BrH.Cu.Li.H3N.3H2O/c1-3-11-8(10)6-4-5(2)12-7(6)9;1-5-4-6(8(12)13)7(14-5)11-9-2-3-10-11;1-3-11-8(10)6-4-5(2)12-7(6)9;1-3-2-4(6(8)9)5(7)10-3;1-3-8-5(7)4-6-2;1-4(2,3)5;1-2-3-4;3-1-2-4;;;;;;;;;/h4H,3H2,1-2H3;2-4H,1H3,(H,12,13);4H,3,9H2,1-2H3;2H,1H3,(H,8,9);3-4H2,1H3;5H,1-3H3;3H,2H2,1H3;1-4H;1H4;2*1H;;;1H3;3*1H2/q;;;;;;;;;;;+2;+1;;;;/p-3. The zero-order valence-corrected chi connectivity index (χ0v) is 54.8. The second-order valence-electron chi connectivity index (χ2n) is 13.4. The van der Waals surface area contributed by atoms with Gasteiger partial charge in [-0.3, -0.25) is 0 Å². The molecule has 0 aromatic carbocycles. The maximum absolute atomic E-state index is 11.2. The number of halogens is 4. The van der Waals surface area contributed by atoms with E-state index in [1.807, 2.05) is 40.7 Å². The van der Waals surface area contributed by atoms with E-state index in [1.54, 1.807) is 59.7 Å². The SMILES string of the molecule is C.CC(C)(C)O.CCC=O.CCOC(=O)c1cc(C)sc1Br.CCOC(=O)c1cc(C)sc1N.Cc1cc(C(=O)O)c(-n2nccn2)s1.Cc1cc(C(=O)O)c(Br)s1.N.N=CC=N.O.O.[Br][Cu][Br].[C-]#[N+]CC(=O)OCC.[Li+].[OH-]. The Kier molecular flexibility index (Phi) is 72.0. The molecule has 0 radical (unpaired) electrons. The van der Waals surface area contributed by atoms with E-state index in [4.69, 9.17) is 47.9 Å². The number of aryl methyl sites for hydroxylation is 4. The number of nitrogen functional groups attached to an aromatic ring is 1. The van der Waals surface area contributed by atoms with E-state index >= 15 is 0 Å². The number of rotatable bonds is 11. The first kappa shape index (κ1) is 96.7. The molecular weight excluding hydrogens is 1410 g/mol. The van der Waals surface area contributed by atoms with Gasteiger partial charge in [-0.05, 0) is 125 Å². The molecule has 0 atom stereocenters. The number of aliphatic hydroxyl groups is 1. The number of anilines is 1. The van der Waals surface area contributed by atoms with E-state index in [0.29, 0.717) is 56.7 Å².